The van der Waals surface area contributed by atoms with Crippen LogP contribution in [0.15, 0.2) is 6.20 Å². The number of anilines is 1. The first-order valence-corrected chi connectivity index (χ1v) is 3.78. The highest BCUT2D eigenvalue weighted by atomic mass is 16.5. The Bertz CT molecular complexity index is 411. The van der Waals surface area contributed by atoms with E-state index in [2.05, 4.69) is 9.84 Å². The van der Waals surface area contributed by atoms with E-state index in [1.165, 1.54) is 0 Å². The molecular weight excluding hydrogens is 204 g/mol. The van der Waals surface area contributed by atoms with Crippen LogP contribution in [0.1, 0.15) is 10.4 Å². The number of nitrogens with one attached hydrogen (secondary N) is 1. The van der Waals surface area contributed by atoms with Gasteiger partial charge >= 0.3 is 6.09 Å². The van der Waals surface area contributed by atoms with E-state index in [0.717, 1.165) is 13.3 Å². The lowest BCUT2D eigenvalue weighted by molar-refractivity contribution is -0.108. The molecule has 0 unspecified atom stereocenters. The minimum Gasteiger partial charge on any atom is -0.451 e. The number of nitrogens with two attached hydrogens (primary N) is 1. The number of hydrogen-bond acceptors (Lipinski definition) is 6. The summed E-state index contributed by atoms with van der Waals surface area (Å²) in [7, 11) is 1.15. The van der Waals surface area contributed by atoms with E-state index in [1.807, 2.05) is 5.32 Å². The predicted molar refractivity (Wildman–Crippen MR) is 48.0 cm³/mol. The van der Waals surface area contributed by atoms with Gasteiger partial charge in [0.25, 0.3) is 5.91 Å². The maximum Gasteiger partial charge on any atom is 0.436 e. The molecule has 1 rings (SSSR count). The summed E-state index contributed by atoms with van der Waals surface area (Å²) in [6.07, 6.45) is 0.445. The highest BCUT2D eigenvalue weighted by Gasteiger charge is 2.18. The van der Waals surface area contributed by atoms with E-state index in [1.54, 1.807) is 0 Å². The quantitative estimate of drug-likeness (QED) is 0.605. The molecule has 1 aromatic heterocycles. The van der Waals surface area contributed by atoms with Crippen molar-refractivity contribution in [2.75, 3.05) is 12.8 Å². The van der Waals surface area contributed by atoms with Crippen LogP contribution >= 0.6 is 0 Å². The van der Waals surface area contributed by atoms with Crippen molar-refractivity contribution in [2.45, 2.75) is 0 Å². The average molecular weight is 212 g/mol. The Morgan fingerprint density at radius 3 is 2.87 bits per heavy atom. The highest BCUT2D eigenvalue weighted by molar-refractivity contribution is 6.03. The van der Waals surface area contributed by atoms with Crippen molar-refractivity contribution < 1.29 is 19.1 Å². The lowest BCUT2D eigenvalue weighted by atomic mass is 10.3. The van der Waals surface area contributed by atoms with E-state index in [-0.39, 0.29) is 17.8 Å². The van der Waals surface area contributed by atoms with Crippen molar-refractivity contribution in [1.29, 1.82) is 0 Å². The number of hydrogen-bond donors (Lipinski definition) is 2. The maximum atomic E-state index is 11.2. The number of methoxy groups -OCH3 is 1. The van der Waals surface area contributed by atoms with Gasteiger partial charge in [0.15, 0.2) is 0 Å². The van der Waals surface area contributed by atoms with Crippen LogP contribution in [0.25, 0.3) is 0 Å². The Labute approximate surface area is 84.0 Å². The third-order valence-electron chi connectivity index (χ3n) is 1.59. The smallest absolute Gasteiger partial charge is 0.436 e. The van der Waals surface area contributed by atoms with Crippen LogP contribution in [0, 0.1) is 0 Å². The lowest BCUT2D eigenvalue weighted by Crippen LogP contribution is -2.23. The van der Waals surface area contributed by atoms with E-state index in [9.17, 15) is 14.4 Å². The van der Waals surface area contributed by atoms with Gasteiger partial charge in [0.1, 0.15) is 11.4 Å². The van der Waals surface area contributed by atoms with Gasteiger partial charge in [-0.15, -0.1) is 4.68 Å². The van der Waals surface area contributed by atoms with Gasteiger partial charge in [-0.1, -0.05) is 0 Å². The van der Waals surface area contributed by atoms with Crippen LogP contribution in [0.2, 0.25) is 0 Å². The Hall–Kier alpha value is -2.38. The fourth-order valence-electron chi connectivity index (χ4n) is 0.896. The van der Waals surface area contributed by atoms with Crippen LogP contribution in [-0.2, 0) is 9.53 Å². The summed E-state index contributed by atoms with van der Waals surface area (Å²) in [5.41, 5.74) is 5.36. The van der Waals surface area contributed by atoms with E-state index < -0.39 is 12.0 Å². The van der Waals surface area contributed by atoms with Crippen molar-refractivity contribution in [3.05, 3.63) is 11.8 Å². The Balaban J connectivity index is 3.03. The number of imide groups is 1. The number of nitrogen functional groups attached to an aromatic ring is 1. The Morgan fingerprint density at radius 1 is 1.67 bits per heavy atom. The number of rotatable bonds is 2. The minimum atomic E-state index is -0.822. The number of aromatic nitrogens is 2. The van der Waals surface area contributed by atoms with Crippen molar-refractivity contribution in [1.82, 2.24) is 15.1 Å². The van der Waals surface area contributed by atoms with Gasteiger partial charge < -0.3 is 10.5 Å². The number of carbonyl (C=O) groups excluding carboxylic acids is 3. The van der Waals surface area contributed by atoms with Gasteiger partial charge in [0, 0.05) is 0 Å². The first kappa shape index (κ1) is 10.7. The molecule has 80 valence electrons. The molecule has 0 aromatic carbocycles. The van der Waals surface area contributed by atoms with Crippen LogP contribution in [0.5, 0.6) is 0 Å². The molecule has 1 heterocycles. The third-order valence-corrected chi connectivity index (χ3v) is 1.59. The van der Waals surface area contributed by atoms with E-state index in [4.69, 9.17) is 5.73 Å². The molecule has 0 atom stereocenters. The van der Waals surface area contributed by atoms with Gasteiger partial charge in [-0.3, -0.25) is 14.9 Å². The van der Waals surface area contributed by atoms with Crippen molar-refractivity contribution >= 4 is 24.2 Å². The van der Waals surface area contributed by atoms with Crippen LogP contribution in [0.4, 0.5) is 10.6 Å². The van der Waals surface area contributed by atoms with Gasteiger partial charge in [0.2, 0.25) is 6.41 Å². The van der Waals surface area contributed by atoms with Crippen LogP contribution in [0.3, 0.4) is 0 Å². The SMILES string of the molecule is COC(=O)n1ncc(C(=O)NC=O)c1N. The molecule has 3 N–H and O–H groups in total. The molecule has 0 saturated heterocycles. The molecule has 0 saturated carbocycles. The second kappa shape index (κ2) is 4.22. The van der Waals surface area contributed by atoms with Gasteiger partial charge in [0.05, 0.1) is 13.3 Å². The van der Waals surface area contributed by atoms with Gasteiger partial charge in [-0.05, 0) is 0 Å². The molecule has 8 nitrogen and oxygen atoms in total. The number of amides is 2. The molecule has 1 aromatic rings. The van der Waals surface area contributed by atoms with E-state index >= 15 is 0 Å². The molecule has 15 heavy (non-hydrogen) atoms. The molecule has 2 amide bonds. The summed E-state index contributed by atoms with van der Waals surface area (Å²) in [4.78, 5) is 32.2. The molecule has 0 radical (unpaired) electrons. The summed E-state index contributed by atoms with van der Waals surface area (Å²) < 4.78 is 5.06. The topological polar surface area (TPSA) is 116 Å². The molecule has 8 heteroatoms. The van der Waals surface area contributed by atoms with Crippen molar-refractivity contribution in [3.8, 4) is 0 Å². The summed E-state index contributed by atoms with van der Waals surface area (Å²) in [6.45, 7) is 0. The standard InChI is InChI=1S/C7H8N4O4/c1-15-7(14)11-5(8)4(2-10-11)6(13)9-3-12/h2-3H,8H2,1H3,(H,9,12,13). The molecule has 0 fully saturated rings. The van der Waals surface area contributed by atoms with Crippen molar-refractivity contribution in [3.63, 3.8) is 0 Å². The van der Waals surface area contributed by atoms with Crippen LogP contribution in [-0.4, -0.2) is 35.3 Å². The normalized spacial score (nSPS) is 9.40. The molecular formula is C7H8N4O4. The molecule has 0 aliphatic heterocycles. The fourth-order valence-corrected chi connectivity index (χ4v) is 0.896. The minimum absolute atomic E-state index is 0.0764. The van der Waals surface area contributed by atoms with Gasteiger partial charge in [-0.25, -0.2) is 4.79 Å². The molecule has 0 spiro atoms. The number of carbonyl (C=O) groups is 3. The zero-order chi connectivity index (χ0) is 11.4. The largest absolute Gasteiger partial charge is 0.451 e. The lowest BCUT2D eigenvalue weighted by Gasteiger charge is -2.00. The Morgan fingerprint density at radius 2 is 2.33 bits per heavy atom. The number of ether oxygens (including phenoxy) is 1. The summed E-state index contributed by atoms with van der Waals surface area (Å²) in [5.74, 6) is -0.932. The predicted octanol–water partition coefficient (Wildman–Crippen LogP) is -1.03. The summed E-state index contributed by atoms with van der Waals surface area (Å²) >= 11 is 0. The summed E-state index contributed by atoms with van der Waals surface area (Å²) in [5, 5.41) is 5.40. The fraction of sp³-hybridized carbons (Fsp3) is 0.143. The molecule has 0 aliphatic carbocycles. The number of nitrogens with zero attached hydrogens (tertiary/aromatic N) is 2. The average Bonchev–Trinajstić information content (AvgIpc) is 2.59. The van der Waals surface area contributed by atoms with Gasteiger partial charge in [-0.2, -0.15) is 5.10 Å². The zero-order valence-corrected chi connectivity index (χ0v) is 7.76. The van der Waals surface area contributed by atoms with Crippen molar-refractivity contribution in [2.24, 2.45) is 0 Å². The molecule has 0 bridgehead atoms. The highest BCUT2D eigenvalue weighted by Crippen LogP contribution is 2.10. The maximum absolute atomic E-state index is 11.2. The first-order valence-electron chi connectivity index (χ1n) is 3.78. The molecule has 0 aliphatic rings. The van der Waals surface area contributed by atoms with E-state index in [0.29, 0.717) is 4.68 Å². The first-order chi connectivity index (χ1) is 7.11. The second-order valence-corrected chi connectivity index (χ2v) is 2.42. The Kier molecular flexibility index (Phi) is 3.01. The van der Waals surface area contributed by atoms with Crippen LogP contribution < -0.4 is 11.1 Å². The third kappa shape index (κ3) is 1.93. The second-order valence-electron chi connectivity index (χ2n) is 2.42. The monoisotopic (exact) mass is 212 g/mol. The zero-order valence-electron chi connectivity index (χ0n) is 7.76. The summed E-state index contributed by atoms with van der Waals surface area (Å²) in [6, 6.07) is 0.